The Labute approximate surface area is 108 Å². The van der Waals surface area contributed by atoms with Gasteiger partial charge in [0.2, 0.25) is 0 Å². The van der Waals surface area contributed by atoms with E-state index in [2.05, 4.69) is 10.3 Å². The molecule has 0 amide bonds. The SMILES string of the molecule is Nc1ccc2nc(Nc3ccccc3Cl)oc2c1. The van der Waals surface area contributed by atoms with Crippen molar-refractivity contribution in [2.75, 3.05) is 11.1 Å². The number of benzene rings is 2. The third kappa shape index (κ3) is 1.98. The molecule has 0 radical (unpaired) electrons. The molecule has 5 heteroatoms. The number of nitrogen functional groups attached to an aromatic ring is 1. The number of nitrogens with two attached hydrogens (primary N) is 1. The highest BCUT2D eigenvalue weighted by Gasteiger charge is 2.07. The lowest BCUT2D eigenvalue weighted by molar-refractivity contribution is 0.623. The third-order valence-electron chi connectivity index (χ3n) is 2.53. The molecule has 0 saturated heterocycles. The highest BCUT2D eigenvalue weighted by molar-refractivity contribution is 6.33. The predicted molar refractivity (Wildman–Crippen MR) is 73.2 cm³/mol. The summed E-state index contributed by atoms with van der Waals surface area (Å²) in [6.45, 7) is 0. The van der Waals surface area contributed by atoms with Gasteiger partial charge in [-0.3, -0.25) is 0 Å². The number of para-hydroxylation sites is 1. The fourth-order valence-corrected chi connectivity index (χ4v) is 1.86. The second-order valence-corrected chi connectivity index (χ2v) is 4.26. The summed E-state index contributed by atoms with van der Waals surface area (Å²) < 4.78 is 5.55. The van der Waals surface area contributed by atoms with Crippen LogP contribution >= 0.6 is 11.6 Å². The van der Waals surface area contributed by atoms with Crippen LogP contribution in [-0.4, -0.2) is 4.98 Å². The Morgan fingerprint density at radius 3 is 2.83 bits per heavy atom. The zero-order valence-corrected chi connectivity index (χ0v) is 10.1. The van der Waals surface area contributed by atoms with Crippen molar-refractivity contribution < 1.29 is 4.42 Å². The van der Waals surface area contributed by atoms with Crippen LogP contribution in [0.4, 0.5) is 17.4 Å². The number of fused-ring (bicyclic) bond motifs is 1. The van der Waals surface area contributed by atoms with Gasteiger partial charge in [-0.25, -0.2) is 0 Å². The van der Waals surface area contributed by atoms with Crippen molar-refractivity contribution in [3.05, 3.63) is 47.5 Å². The van der Waals surface area contributed by atoms with E-state index in [1.165, 1.54) is 0 Å². The topological polar surface area (TPSA) is 64.1 Å². The van der Waals surface area contributed by atoms with E-state index in [9.17, 15) is 0 Å². The molecular formula is C13H10ClN3O. The molecule has 2 aromatic carbocycles. The van der Waals surface area contributed by atoms with Gasteiger partial charge in [-0.05, 0) is 24.3 Å². The number of nitrogens with one attached hydrogen (secondary N) is 1. The standard InChI is InChI=1S/C13H10ClN3O/c14-9-3-1-2-4-10(9)16-13-17-11-6-5-8(15)7-12(11)18-13/h1-7H,15H2,(H,16,17). The summed E-state index contributed by atoms with van der Waals surface area (Å²) in [5.74, 6) is 0. The van der Waals surface area contributed by atoms with E-state index in [1.54, 1.807) is 18.2 Å². The highest BCUT2D eigenvalue weighted by Crippen LogP contribution is 2.27. The molecule has 0 unspecified atom stereocenters. The lowest BCUT2D eigenvalue weighted by Crippen LogP contribution is -1.90. The summed E-state index contributed by atoms with van der Waals surface area (Å²) in [5.41, 5.74) is 8.46. The number of halogens is 1. The first kappa shape index (κ1) is 10.9. The van der Waals surface area contributed by atoms with Crippen LogP contribution in [0.3, 0.4) is 0 Å². The Kier molecular flexibility index (Phi) is 2.57. The van der Waals surface area contributed by atoms with Gasteiger partial charge < -0.3 is 15.5 Å². The predicted octanol–water partition coefficient (Wildman–Crippen LogP) is 3.81. The van der Waals surface area contributed by atoms with Crippen molar-refractivity contribution in [3.63, 3.8) is 0 Å². The van der Waals surface area contributed by atoms with Crippen molar-refractivity contribution >= 4 is 40.1 Å². The molecule has 3 rings (SSSR count). The van der Waals surface area contributed by atoms with Gasteiger partial charge in [-0.2, -0.15) is 4.98 Å². The number of nitrogens with zero attached hydrogens (tertiary/aromatic N) is 1. The summed E-state index contributed by atoms with van der Waals surface area (Å²) in [5, 5.41) is 3.64. The van der Waals surface area contributed by atoms with Crippen LogP contribution in [0.2, 0.25) is 5.02 Å². The molecule has 0 fully saturated rings. The van der Waals surface area contributed by atoms with E-state index in [0.29, 0.717) is 22.3 Å². The molecule has 1 heterocycles. The first-order chi connectivity index (χ1) is 8.72. The first-order valence-corrected chi connectivity index (χ1v) is 5.78. The van der Waals surface area contributed by atoms with Crippen LogP contribution in [0.1, 0.15) is 0 Å². The average Bonchev–Trinajstić information content (AvgIpc) is 2.73. The molecule has 0 aliphatic rings. The molecule has 0 atom stereocenters. The quantitative estimate of drug-likeness (QED) is 0.687. The van der Waals surface area contributed by atoms with Gasteiger partial charge in [0.05, 0.1) is 10.7 Å². The summed E-state index contributed by atoms with van der Waals surface area (Å²) in [6.07, 6.45) is 0. The molecule has 1 aromatic heterocycles. The molecular weight excluding hydrogens is 250 g/mol. The summed E-state index contributed by atoms with van der Waals surface area (Å²) in [4.78, 5) is 4.30. The molecule has 0 bridgehead atoms. The van der Waals surface area contributed by atoms with Crippen molar-refractivity contribution in [3.8, 4) is 0 Å². The second-order valence-electron chi connectivity index (χ2n) is 3.85. The average molecular weight is 260 g/mol. The lowest BCUT2D eigenvalue weighted by Gasteiger charge is -2.02. The minimum atomic E-state index is 0.392. The zero-order valence-electron chi connectivity index (χ0n) is 9.35. The number of rotatable bonds is 2. The van der Waals surface area contributed by atoms with Crippen LogP contribution in [-0.2, 0) is 0 Å². The largest absolute Gasteiger partial charge is 0.423 e. The molecule has 0 aliphatic carbocycles. The van der Waals surface area contributed by atoms with Crippen LogP contribution in [0, 0.1) is 0 Å². The summed E-state index contributed by atoms with van der Waals surface area (Å²) in [6, 6.07) is 13.1. The van der Waals surface area contributed by atoms with Gasteiger partial charge in [0.15, 0.2) is 5.58 Å². The van der Waals surface area contributed by atoms with Gasteiger partial charge in [0.25, 0.3) is 6.01 Å². The number of hydrogen-bond donors (Lipinski definition) is 2. The van der Waals surface area contributed by atoms with Crippen molar-refractivity contribution in [2.45, 2.75) is 0 Å². The van der Waals surface area contributed by atoms with E-state index < -0.39 is 0 Å². The fourth-order valence-electron chi connectivity index (χ4n) is 1.67. The number of anilines is 3. The van der Waals surface area contributed by atoms with E-state index in [1.807, 2.05) is 24.3 Å². The van der Waals surface area contributed by atoms with Crippen molar-refractivity contribution in [1.29, 1.82) is 0 Å². The van der Waals surface area contributed by atoms with Crippen LogP contribution < -0.4 is 11.1 Å². The fraction of sp³-hybridized carbons (Fsp3) is 0. The van der Waals surface area contributed by atoms with Gasteiger partial charge in [-0.1, -0.05) is 23.7 Å². The normalized spacial score (nSPS) is 10.7. The molecule has 0 saturated carbocycles. The van der Waals surface area contributed by atoms with E-state index >= 15 is 0 Å². The maximum Gasteiger partial charge on any atom is 0.300 e. The summed E-state index contributed by atoms with van der Waals surface area (Å²) in [7, 11) is 0. The minimum absolute atomic E-state index is 0.392. The highest BCUT2D eigenvalue weighted by atomic mass is 35.5. The lowest BCUT2D eigenvalue weighted by atomic mass is 10.3. The second kappa shape index (κ2) is 4.23. The van der Waals surface area contributed by atoms with Crippen LogP contribution in [0.15, 0.2) is 46.9 Å². The first-order valence-electron chi connectivity index (χ1n) is 5.40. The number of oxazole rings is 1. The van der Waals surface area contributed by atoms with E-state index in [0.717, 1.165) is 11.2 Å². The van der Waals surface area contributed by atoms with E-state index in [-0.39, 0.29) is 0 Å². The molecule has 18 heavy (non-hydrogen) atoms. The minimum Gasteiger partial charge on any atom is -0.423 e. The Balaban J connectivity index is 1.98. The molecule has 90 valence electrons. The Morgan fingerprint density at radius 2 is 2.00 bits per heavy atom. The Morgan fingerprint density at radius 1 is 1.17 bits per heavy atom. The third-order valence-corrected chi connectivity index (χ3v) is 2.86. The van der Waals surface area contributed by atoms with E-state index in [4.69, 9.17) is 21.8 Å². The van der Waals surface area contributed by atoms with Gasteiger partial charge in [-0.15, -0.1) is 0 Å². The maximum atomic E-state index is 6.05. The van der Waals surface area contributed by atoms with Crippen LogP contribution in [0.5, 0.6) is 0 Å². The molecule has 3 N–H and O–H groups in total. The molecule has 0 aliphatic heterocycles. The number of hydrogen-bond acceptors (Lipinski definition) is 4. The smallest absolute Gasteiger partial charge is 0.300 e. The van der Waals surface area contributed by atoms with Gasteiger partial charge in [0, 0.05) is 11.8 Å². The maximum absolute atomic E-state index is 6.05. The summed E-state index contributed by atoms with van der Waals surface area (Å²) >= 11 is 6.05. The Bertz CT molecular complexity index is 708. The molecule has 4 nitrogen and oxygen atoms in total. The Hall–Kier alpha value is -2.20. The monoisotopic (exact) mass is 259 g/mol. The molecule has 0 spiro atoms. The molecule has 3 aromatic rings. The van der Waals surface area contributed by atoms with Crippen LogP contribution in [0.25, 0.3) is 11.1 Å². The van der Waals surface area contributed by atoms with Gasteiger partial charge >= 0.3 is 0 Å². The van der Waals surface area contributed by atoms with Gasteiger partial charge in [0.1, 0.15) is 5.52 Å². The van der Waals surface area contributed by atoms with Crippen molar-refractivity contribution in [2.24, 2.45) is 0 Å². The van der Waals surface area contributed by atoms with Crippen molar-refractivity contribution in [1.82, 2.24) is 4.98 Å². The number of aromatic nitrogens is 1. The zero-order chi connectivity index (χ0) is 12.5.